The van der Waals surface area contributed by atoms with Gasteiger partial charge in [0.25, 0.3) is 0 Å². The van der Waals surface area contributed by atoms with Gasteiger partial charge in [-0.15, -0.1) is 0 Å². The second-order valence-corrected chi connectivity index (χ2v) is 6.97. The minimum atomic E-state index is 0.0175. The van der Waals surface area contributed by atoms with E-state index in [0.29, 0.717) is 11.1 Å². The van der Waals surface area contributed by atoms with Crippen LogP contribution in [0.4, 0.5) is 5.69 Å². The van der Waals surface area contributed by atoms with Gasteiger partial charge in [0.05, 0.1) is 11.3 Å². The zero-order valence-corrected chi connectivity index (χ0v) is 15.6. The second-order valence-electron chi connectivity index (χ2n) is 6.97. The first-order valence-corrected chi connectivity index (χ1v) is 9.02. The fourth-order valence-corrected chi connectivity index (χ4v) is 3.34. The molecule has 1 heterocycles. The molecule has 1 fully saturated rings. The minimum Gasteiger partial charge on any atom is -0.490 e. The summed E-state index contributed by atoms with van der Waals surface area (Å²) in [6.45, 7) is 7.31. The van der Waals surface area contributed by atoms with E-state index in [9.17, 15) is 10.1 Å². The number of rotatable bonds is 4. The Morgan fingerprint density at radius 2 is 1.88 bits per heavy atom. The van der Waals surface area contributed by atoms with Crippen LogP contribution in [0.2, 0.25) is 0 Å². The van der Waals surface area contributed by atoms with Crippen molar-refractivity contribution in [2.24, 2.45) is 0 Å². The minimum absolute atomic E-state index is 0.0175. The smallest absolute Gasteiger partial charge is 0.159 e. The number of benzene rings is 2. The van der Waals surface area contributed by atoms with Gasteiger partial charge in [0.2, 0.25) is 0 Å². The Kier molecular flexibility index (Phi) is 5.27. The Bertz CT molecular complexity index is 859. The molecule has 0 N–H and O–H groups in total. The number of hydrogen-bond donors (Lipinski definition) is 0. The Morgan fingerprint density at radius 1 is 1.15 bits per heavy atom. The lowest BCUT2D eigenvalue weighted by molar-refractivity contribution is 0.101. The number of carbonyl (C=O) groups is 1. The van der Waals surface area contributed by atoms with Crippen LogP contribution in [-0.2, 0) is 0 Å². The highest BCUT2D eigenvalue weighted by Crippen LogP contribution is 2.28. The van der Waals surface area contributed by atoms with E-state index in [1.807, 2.05) is 6.07 Å². The first-order valence-electron chi connectivity index (χ1n) is 9.02. The van der Waals surface area contributed by atoms with Crippen molar-refractivity contribution in [3.63, 3.8) is 0 Å². The van der Waals surface area contributed by atoms with Crippen LogP contribution in [0.25, 0.3) is 0 Å². The number of ether oxygens (including phenoxy) is 1. The number of aryl methyl sites for hydroxylation is 2. The van der Waals surface area contributed by atoms with Crippen molar-refractivity contribution in [1.29, 1.82) is 5.26 Å². The average Bonchev–Trinajstić information content (AvgIpc) is 2.64. The third kappa shape index (κ3) is 3.88. The van der Waals surface area contributed by atoms with Crippen molar-refractivity contribution in [3.05, 3.63) is 58.7 Å². The largest absolute Gasteiger partial charge is 0.490 e. The van der Waals surface area contributed by atoms with Crippen LogP contribution < -0.4 is 9.64 Å². The van der Waals surface area contributed by atoms with E-state index in [1.54, 1.807) is 19.1 Å². The van der Waals surface area contributed by atoms with Crippen molar-refractivity contribution in [1.82, 2.24) is 0 Å². The molecule has 1 saturated heterocycles. The third-order valence-electron chi connectivity index (χ3n) is 4.94. The van der Waals surface area contributed by atoms with E-state index in [2.05, 4.69) is 43.0 Å². The standard InChI is InChI=1S/C22H24N2O2/c1-15-4-5-16(2)22(12-15)26-20-8-10-24(11-9-20)21-13-18(17(3)25)6-7-19(21)14-23/h4-7,12-13,20H,8-11H2,1-3H3. The predicted molar refractivity (Wildman–Crippen MR) is 103 cm³/mol. The molecule has 0 aromatic heterocycles. The fourth-order valence-electron chi connectivity index (χ4n) is 3.34. The van der Waals surface area contributed by atoms with Gasteiger partial charge in [0.1, 0.15) is 17.9 Å². The number of Topliss-reactive ketones (excluding diaryl/α,β-unsaturated/α-hetero) is 1. The zero-order valence-electron chi connectivity index (χ0n) is 15.6. The molecule has 3 rings (SSSR count). The molecule has 4 nitrogen and oxygen atoms in total. The summed E-state index contributed by atoms with van der Waals surface area (Å²) in [5.41, 5.74) is 4.46. The molecule has 2 aromatic carbocycles. The van der Waals surface area contributed by atoms with E-state index in [1.165, 1.54) is 5.56 Å². The summed E-state index contributed by atoms with van der Waals surface area (Å²) < 4.78 is 6.22. The molecule has 0 amide bonds. The Hall–Kier alpha value is -2.80. The van der Waals surface area contributed by atoms with Crippen molar-refractivity contribution < 1.29 is 9.53 Å². The van der Waals surface area contributed by atoms with Crippen LogP contribution >= 0.6 is 0 Å². The van der Waals surface area contributed by atoms with Crippen LogP contribution in [0.3, 0.4) is 0 Å². The summed E-state index contributed by atoms with van der Waals surface area (Å²) in [6, 6.07) is 13.8. The number of hydrogen-bond acceptors (Lipinski definition) is 4. The molecule has 1 aliphatic rings. The Morgan fingerprint density at radius 3 is 2.54 bits per heavy atom. The number of ketones is 1. The van der Waals surface area contributed by atoms with Gasteiger partial charge >= 0.3 is 0 Å². The molecule has 4 heteroatoms. The lowest BCUT2D eigenvalue weighted by Crippen LogP contribution is -2.38. The topological polar surface area (TPSA) is 53.3 Å². The quantitative estimate of drug-likeness (QED) is 0.767. The summed E-state index contributed by atoms with van der Waals surface area (Å²) in [5.74, 6) is 0.976. The maximum Gasteiger partial charge on any atom is 0.159 e. The van der Waals surface area contributed by atoms with Gasteiger partial charge in [-0.2, -0.15) is 5.26 Å². The maximum atomic E-state index is 11.7. The summed E-state index contributed by atoms with van der Waals surface area (Å²) in [6.07, 6.45) is 1.96. The SMILES string of the molecule is CC(=O)c1ccc(C#N)c(N2CCC(Oc3cc(C)ccc3C)CC2)c1. The van der Waals surface area contributed by atoms with Crippen LogP contribution in [0.1, 0.15) is 46.8 Å². The van der Waals surface area contributed by atoms with E-state index < -0.39 is 0 Å². The van der Waals surface area contributed by atoms with Gasteiger partial charge < -0.3 is 9.64 Å². The summed E-state index contributed by atoms with van der Waals surface area (Å²) in [5, 5.41) is 9.40. The maximum absolute atomic E-state index is 11.7. The van der Waals surface area contributed by atoms with E-state index >= 15 is 0 Å². The van der Waals surface area contributed by atoms with Crippen molar-refractivity contribution >= 4 is 11.5 Å². The van der Waals surface area contributed by atoms with Crippen LogP contribution in [-0.4, -0.2) is 25.0 Å². The molecule has 0 unspecified atom stereocenters. The normalized spacial score (nSPS) is 14.8. The fraction of sp³-hybridized carbons (Fsp3) is 0.364. The number of nitriles is 1. The van der Waals surface area contributed by atoms with Gasteiger partial charge in [-0.05, 0) is 56.2 Å². The van der Waals surface area contributed by atoms with Gasteiger partial charge in [-0.1, -0.05) is 12.1 Å². The molecular formula is C22H24N2O2. The highest BCUT2D eigenvalue weighted by molar-refractivity contribution is 5.95. The van der Waals surface area contributed by atoms with E-state index in [4.69, 9.17) is 4.74 Å². The molecule has 1 aliphatic heterocycles. The molecule has 0 bridgehead atoms. The highest BCUT2D eigenvalue weighted by Gasteiger charge is 2.23. The molecule has 26 heavy (non-hydrogen) atoms. The van der Waals surface area contributed by atoms with Crippen molar-refractivity contribution in [3.8, 4) is 11.8 Å². The van der Waals surface area contributed by atoms with E-state index in [0.717, 1.165) is 42.9 Å². The first kappa shape index (κ1) is 18.0. The lowest BCUT2D eigenvalue weighted by Gasteiger charge is -2.34. The first-order chi connectivity index (χ1) is 12.5. The molecule has 0 atom stereocenters. The van der Waals surface area contributed by atoms with Gasteiger partial charge in [-0.25, -0.2) is 0 Å². The third-order valence-corrected chi connectivity index (χ3v) is 4.94. The highest BCUT2D eigenvalue weighted by atomic mass is 16.5. The van der Waals surface area contributed by atoms with Gasteiger partial charge in [-0.3, -0.25) is 4.79 Å². The summed E-state index contributed by atoms with van der Waals surface area (Å²) in [4.78, 5) is 13.9. The molecule has 0 spiro atoms. The zero-order chi connectivity index (χ0) is 18.7. The van der Waals surface area contributed by atoms with Crippen LogP contribution in [0, 0.1) is 25.2 Å². The van der Waals surface area contributed by atoms with Crippen LogP contribution in [0.15, 0.2) is 36.4 Å². The number of piperidine rings is 1. The van der Waals surface area contributed by atoms with Crippen LogP contribution in [0.5, 0.6) is 5.75 Å². The molecule has 0 radical (unpaired) electrons. The number of nitrogens with zero attached hydrogens (tertiary/aromatic N) is 2. The molecular weight excluding hydrogens is 324 g/mol. The van der Waals surface area contributed by atoms with Gasteiger partial charge in [0.15, 0.2) is 5.78 Å². The molecule has 2 aromatic rings. The van der Waals surface area contributed by atoms with Crippen molar-refractivity contribution in [2.75, 3.05) is 18.0 Å². The Labute approximate surface area is 155 Å². The van der Waals surface area contributed by atoms with Crippen molar-refractivity contribution in [2.45, 2.75) is 39.7 Å². The molecule has 0 saturated carbocycles. The number of carbonyl (C=O) groups excluding carboxylic acids is 1. The van der Waals surface area contributed by atoms with E-state index in [-0.39, 0.29) is 11.9 Å². The Balaban J connectivity index is 1.71. The summed E-state index contributed by atoms with van der Waals surface area (Å²) in [7, 11) is 0. The predicted octanol–water partition coefficient (Wildman–Crippen LogP) is 4.43. The number of anilines is 1. The second kappa shape index (κ2) is 7.61. The lowest BCUT2D eigenvalue weighted by atomic mass is 10.0. The molecule has 0 aliphatic carbocycles. The summed E-state index contributed by atoms with van der Waals surface area (Å²) >= 11 is 0. The average molecular weight is 348 g/mol. The monoisotopic (exact) mass is 348 g/mol. The molecule has 134 valence electrons. The van der Waals surface area contributed by atoms with Gasteiger partial charge in [0, 0.05) is 31.5 Å².